The van der Waals surface area contributed by atoms with Crippen molar-refractivity contribution >= 4 is 18.3 Å². The topological polar surface area (TPSA) is 32.3 Å². The van der Waals surface area contributed by atoms with Crippen molar-refractivity contribution in [1.82, 2.24) is 10.2 Å². The van der Waals surface area contributed by atoms with Crippen LogP contribution < -0.4 is 5.32 Å². The molecule has 3 rings (SSSR count). The first-order valence-corrected chi connectivity index (χ1v) is 7.94. The fourth-order valence-corrected chi connectivity index (χ4v) is 3.31. The molecule has 1 aromatic rings. The Hall–Kier alpha value is -1.06. The monoisotopic (exact) mass is 308 g/mol. The summed E-state index contributed by atoms with van der Waals surface area (Å²) in [6, 6.07) is 8.32. The van der Waals surface area contributed by atoms with Crippen LogP contribution in [0, 0.1) is 0 Å². The predicted octanol–water partition coefficient (Wildman–Crippen LogP) is 3.20. The summed E-state index contributed by atoms with van der Waals surface area (Å²) in [4.78, 5) is 14.4. The van der Waals surface area contributed by atoms with Crippen LogP contribution >= 0.6 is 12.4 Å². The van der Waals surface area contributed by atoms with E-state index in [0.29, 0.717) is 5.92 Å². The third-order valence-corrected chi connectivity index (χ3v) is 4.57. The van der Waals surface area contributed by atoms with E-state index in [1.807, 2.05) is 17.0 Å². The first-order valence-electron chi connectivity index (χ1n) is 7.94. The Bertz CT molecular complexity index is 448. The summed E-state index contributed by atoms with van der Waals surface area (Å²) in [5, 5.41) is 3.45. The summed E-state index contributed by atoms with van der Waals surface area (Å²) < 4.78 is 0. The SMILES string of the molecule is Cl.O=C(c1ccc(C2CCCNC2)cc1)N1CCCCC1. The molecule has 4 heteroatoms. The van der Waals surface area contributed by atoms with Crippen molar-refractivity contribution < 1.29 is 4.79 Å². The Balaban J connectivity index is 0.00000161. The van der Waals surface area contributed by atoms with Crippen LogP contribution in [0.4, 0.5) is 0 Å². The van der Waals surface area contributed by atoms with Gasteiger partial charge < -0.3 is 10.2 Å². The van der Waals surface area contributed by atoms with Gasteiger partial charge in [0.15, 0.2) is 0 Å². The molecule has 1 amide bonds. The first kappa shape index (κ1) is 16.3. The number of nitrogens with zero attached hydrogens (tertiary/aromatic N) is 1. The number of piperidine rings is 2. The lowest BCUT2D eigenvalue weighted by atomic mass is 9.91. The van der Waals surface area contributed by atoms with Crippen LogP contribution in [0.15, 0.2) is 24.3 Å². The van der Waals surface area contributed by atoms with Gasteiger partial charge in [-0.2, -0.15) is 0 Å². The van der Waals surface area contributed by atoms with E-state index >= 15 is 0 Å². The maximum Gasteiger partial charge on any atom is 0.253 e. The molecule has 2 aliphatic rings. The molecule has 21 heavy (non-hydrogen) atoms. The van der Waals surface area contributed by atoms with Gasteiger partial charge in [-0.25, -0.2) is 0 Å². The third-order valence-electron chi connectivity index (χ3n) is 4.57. The van der Waals surface area contributed by atoms with E-state index in [9.17, 15) is 4.79 Å². The molecule has 0 bridgehead atoms. The van der Waals surface area contributed by atoms with Crippen molar-refractivity contribution in [3.8, 4) is 0 Å². The molecular weight excluding hydrogens is 284 g/mol. The Morgan fingerprint density at radius 1 is 1.05 bits per heavy atom. The number of benzene rings is 1. The number of hydrogen-bond acceptors (Lipinski definition) is 2. The highest BCUT2D eigenvalue weighted by atomic mass is 35.5. The number of likely N-dealkylation sites (tertiary alicyclic amines) is 1. The highest BCUT2D eigenvalue weighted by Crippen LogP contribution is 2.24. The maximum atomic E-state index is 12.4. The fraction of sp³-hybridized carbons (Fsp3) is 0.588. The summed E-state index contributed by atoms with van der Waals surface area (Å²) in [7, 11) is 0. The van der Waals surface area contributed by atoms with E-state index in [4.69, 9.17) is 0 Å². The number of hydrogen-bond donors (Lipinski definition) is 1. The highest BCUT2D eigenvalue weighted by Gasteiger charge is 2.19. The first-order chi connectivity index (χ1) is 9.84. The molecule has 3 nitrogen and oxygen atoms in total. The molecule has 1 unspecified atom stereocenters. The van der Waals surface area contributed by atoms with Crippen molar-refractivity contribution in [3.05, 3.63) is 35.4 Å². The number of halogens is 1. The zero-order chi connectivity index (χ0) is 13.8. The molecule has 116 valence electrons. The van der Waals surface area contributed by atoms with E-state index in [0.717, 1.165) is 44.6 Å². The summed E-state index contributed by atoms with van der Waals surface area (Å²) in [6.07, 6.45) is 6.07. The van der Waals surface area contributed by atoms with Crippen LogP contribution in [0.25, 0.3) is 0 Å². The van der Waals surface area contributed by atoms with Gasteiger partial charge in [-0.15, -0.1) is 12.4 Å². The molecule has 2 aliphatic heterocycles. The Morgan fingerprint density at radius 2 is 1.76 bits per heavy atom. The number of rotatable bonds is 2. The molecule has 1 aromatic carbocycles. The molecule has 0 aromatic heterocycles. The van der Waals surface area contributed by atoms with Crippen LogP contribution in [0.5, 0.6) is 0 Å². The van der Waals surface area contributed by atoms with Crippen LogP contribution in [0.1, 0.15) is 53.9 Å². The fourth-order valence-electron chi connectivity index (χ4n) is 3.31. The van der Waals surface area contributed by atoms with Crippen LogP contribution in [-0.2, 0) is 0 Å². The molecule has 0 aliphatic carbocycles. The van der Waals surface area contributed by atoms with Gasteiger partial charge in [0.25, 0.3) is 5.91 Å². The molecule has 2 saturated heterocycles. The molecule has 0 spiro atoms. The lowest BCUT2D eigenvalue weighted by Crippen LogP contribution is -2.35. The van der Waals surface area contributed by atoms with Gasteiger partial charge in [0.05, 0.1) is 0 Å². The van der Waals surface area contributed by atoms with Gasteiger partial charge in [-0.05, 0) is 62.3 Å². The molecule has 2 heterocycles. The van der Waals surface area contributed by atoms with E-state index in [2.05, 4.69) is 17.4 Å². The van der Waals surface area contributed by atoms with Crippen molar-refractivity contribution in [2.45, 2.75) is 38.0 Å². The summed E-state index contributed by atoms with van der Waals surface area (Å²) in [5.41, 5.74) is 2.21. The van der Waals surface area contributed by atoms with Gasteiger partial charge in [0, 0.05) is 25.2 Å². The average Bonchev–Trinajstić information content (AvgIpc) is 2.56. The second-order valence-corrected chi connectivity index (χ2v) is 6.02. The van der Waals surface area contributed by atoms with Gasteiger partial charge in [0.2, 0.25) is 0 Å². The Labute approximate surface area is 133 Å². The van der Waals surface area contributed by atoms with Crippen molar-refractivity contribution in [3.63, 3.8) is 0 Å². The van der Waals surface area contributed by atoms with E-state index in [1.54, 1.807) is 0 Å². The quantitative estimate of drug-likeness (QED) is 0.910. The lowest BCUT2D eigenvalue weighted by Gasteiger charge is -2.27. The van der Waals surface area contributed by atoms with Crippen molar-refractivity contribution in [2.75, 3.05) is 26.2 Å². The smallest absolute Gasteiger partial charge is 0.253 e. The molecule has 2 fully saturated rings. The average molecular weight is 309 g/mol. The van der Waals surface area contributed by atoms with Crippen LogP contribution in [0.3, 0.4) is 0 Å². The lowest BCUT2D eigenvalue weighted by molar-refractivity contribution is 0.0724. The summed E-state index contributed by atoms with van der Waals surface area (Å²) in [5.74, 6) is 0.820. The second kappa shape index (κ2) is 7.81. The van der Waals surface area contributed by atoms with Crippen LogP contribution in [-0.4, -0.2) is 37.0 Å². The number of carbonyl (C=O) groups excluding carboxylic acids is 1. The number of nitrogens with one attached hydrogen (secondary N) is 1. The minimum absolute atomic E-state index is 0. The standard InChI is InChI=1S/C17H24N2O.ClH/c20-17(19-11-2-1-3-12-19)15-8-6-14(7-9-15)16-5-4-10-18-13-16;/h6-9,16,18H,1-5,10-13H2;1H. The minimum atomic E-state index is 0. The highest BCUT2D eigenvalue weighted by molar-refractivity contribution is 5.94. The molecular formula is C17H25ClN2O. The third kappa shape index (κ3) is 3.98. The minimum Gasteiger partial charge on any atom is -0.339 e. The zero-order valence-corrected chi connectivity index (χ0v) is 13.3. The maximum absolute atomic E-state index is 12.4. The van der Waals surface area contributed by atoms with Gasteiger partial charge in [-0.1, -0.05) is 12.1 Å². The molecule has 1 N–H and O–H groups in total. The van der Waals surface area contributed by atoms with Gasteiger partial charge in [0.1, 0.15) is 0 Å². The van der Waals surface area contributed by atoms with Gasteiger partial charge in [-0.3, -0.25) is 4.79 Å². The Kier molecular flexibility index (Phi) is 6.07. The predicted molar refractivity (Wildman–Crippen MR) is 88.3 cm³/mol. The summed E-state index contributed by atoms with van der Waals surface area (Å²) in [6.45, 7) is 4.06. The number of amides is 1. The second-order valence-electron chi connectivity index (χ2n) is 6.02. The molecule has 0 radical (unpaired) electrons. The molecule has 0 saturated carbocycles. The van der Waals surface area contributed by atoms with E-state index < -0.39 is 0 Å². The van der Waals surface area contributed by atoms with Crippen molar-refractivity contribution in [2.24, 2.45) is 0 Å². The molecule has 1 atom stereocenters. The van der Waals surface area contributed by atoms with Crippen LogP contribution in [0.2, 0.25) is 0 Å². The van der Waals surface area contributed by atoms with E-state index in [-0.39, 0.29) is 18.3 Å². The van der Waals surface area contributed by atoms with E-state index in [1.165, 1.54) is 24.8 Å². The zero-order valence-electron chi connectivity index (χ0n) is 12.5. The summed E-state index contributed by atoms with van der Waals surface area (Å²) >= 11 is 0. The van der Waals surface area contributed by atoms with Crippen molar-refractivity contribution in [1.29, 1.82) is 0 Å². The number of carbonyl (C=O) groups is 1. The Morgan fingerprint density at radius 3 is 2.38 bits per heavy atom. The largest absolute Gasteiger partial charge is 0.339 e. The normalized spacial score (nSPS) is 22.5. The van der Waals surface area contributed by atoms with Gasteiger partial charge >= 0.3 is 0 Å².